The van der Waals surface area contributed by atoms with Gasteiger partial charge in [-0.3, -0.25) is 4.79 Å². The monoisotopic (exact) mass is 404 g/mol. The zero-order valence-corrected chi connectivity index (χ0v) is 17.2. The van der Waals surface area contributed by atoms with Gasteiger partial charge in [0.1, 0.15) is 13.2 Å². The molecule has 0 spiro atoms. The van der Waals surface area contributed by atoms with Crippen molar-refractivity contribution in [3.8, 4) is 17.6 Å². The van der Waals surface area contributed by atoms with Gasteiger partial charge in [0.2, 0.25) is 5.91 Å². The van der Waals surface area contributed by atoms with E-state index in [1.54, 1.807) is 0 Å². The van der Waals surface area contributed by atoms with E-state index < -0.39 is 0 Å². The van der Waals surface area contributed by atoms with Crippen LogP contribution in [0.1, 0.15) is 55.6 Å². The Kier molecular flexibility index (Phi) is 6.23. The predicted octanol–water partition coefficient (Wildman–Crippen LogP) is 4.47. The van der Waals surface area contributed by atoms with Crippen LogP contribution in [0.3, 0.4) is 0 Å². The van der Waals surface area contributed by atoms with Crippen LogP contribution in [0.5, 0.6) is 11.5 Å². The van der Waals surface area contributed by atoms with E-state index in [-0.39, 0.29) is 17.2 Å². The summed E-state index contributed by atoms with van der Waals surface area (Å²) >= 11 is 0. The van der Waals surface area contributed by atoms with Crippen molar-refractivity contribution < 1.29 is 14.3 Å². The number of ether oxygens (including phenoxy) is 2. The van der Waals surface area contributed by atoms with E-state index in [1.165, 1.54) is 5.56 Å². The van der Waals surface area contributed by atoms with Gasteiger partial charge in [0.15, 0.2) is 11.5 Å². The summed E-state index contributed by atoms with van der Waals surface area (Å²) in [6, 6.07) is 18.3. The van der Waals surface area contributed by atoms with Crippen LogP contribution in [0.15, 0.2) is 48.5 Å². The van der Waals surface area contributed by atoms with Crippen molar-refractivity contribution in [1.29, 1.82) is 5.26 Å². The first-order valence-electron chi connectivity index (χ1n) is 10.8. The molecule has 5 heteroatoms. The average molecular weight is 405 g/mol. The first-order chi connectivity index (χ1) is 14.7. The molecule has 0 aromatic heterocycles. The maximum atomic E-state index is 12.8. The van der Waals surface area contributed by atoms with E-state index in [1.807, 2.05) is 36.4 Å². The van der Waals surface area contributed by atoms with Crippen LogP contribution < -0.4 is 14.8 Å². The number of nitriles is 1. The number of fused-ring (bicyclic) bond motifs is 1. The second kappa shape index (κ2) is 9.21. The van der Waals surface area contributed by atoms with Gasteiger partial charge < -0.3 is 14.8 Å². The fourth-order valence-corrected chi connectivity index (χ4v) is 4.70. The molecule has 1 heterocycles. The van der Waals surface area contributed by atoms with Gasteiger partial charge in [-0.2, -0.15) is 5.26 Å². The molecule has 0 radical (unpaired) electrons. The van der Waals surface area contributed by atoms with E-state index in [2.05, 4.69) is 23.5 Å². The average Bonchev–Trinajstić information content (AvgIpc) is 3.28. The predicted molar refractivity (Wildman–Crippen MR) is 115 cm³/mol. The Bertz CT molecular complexity index is 914. The number of benzene rings is 2. The minimum Gasteiger partial charge on any atom is -0.486 e. The van der Waals surface area contributed by atoms with Crippen LogP contribution >= 0.6 is 0 Å². The van der Waals surface area contributed by atoms with Crippen molar-refractivity contribution in [2.24, 2.45) is 0 Å². The highest BCUT2D eigenvalue weighted by atomic mass is 16.6. The van der Waals surface area contributed by atoms with E-state index >= 15 is 0 Å². The maximum absolute atomic E-state index is 12.8. The third kappa shape index (κ3) is 4.43. The van der Waals surface area contributed by atoms with Crippen LogP contribution in [0.25, 0.3) is 0 Å². The second-order valence-electron chi connectivity index (χ2n) is 8.30. The van der Waals surface area contributed by atoms with E-state index in [9.17, 15) is 10.1 Å². The molecule has 1 fully saturated rings. The highest BCUT2D eigenvalue weighted by Crippen LogP contribution is 2.44. The Balaban J connectivity index is 1.45. The van der Waals surface area contributed by atoms with Crippen LogP contribution in [0, 0.1) is 11.3 Å². The van der Waals surface area contributed by atoms with Crippen LogP contribution in [0.2, 0.25) is 0 Å². The molecule has 1 atom stereocenters. The quantitative estimate of drug-likeness (QED) is 0.739. The fourth-order valence-electron chi connectivity index (χ4n) is 4.70. The van der Waals surface area contributed by atoms with Crippen molar-refractivity contribution >= 4 is 5.91 Å². The molecular weight excluding hydrogens is 376 g/mol. The number of hydrogen-bond donors (Lipinski definition) is 1. The lowest BCUT2D eigenvalue weighted by Gasteiger charge is -2.31. The molecule has 2 aliphatic rings. The molecule has 1 aliphatic carbocycles. The Morgan fingerprint density at radius 1 is 1.07 bits per heavy atom. The first-order valence-corrected chi connectivity index (χ1v) is 10.8. The molecule has 0 bridgehead atoms. The summed E-state index contributed by atoms with van der Waals surface area (Å²) in [6.45, 7) is 1.76. The van der Waals surface area contributed by atoms with Crippen molar-refractivity contribution in [2.45, 2.75) is 49.9 Å². The molecule has 0 saturated heterocycles. The fraction of sp³-hybridized carbons (Fsp3) is 0.440. The number of amides is 1. The Labute approximate surface area is 178 Å². The van der Waals surface area contributed by atoms with Crippen molar-refractivity contribution in [2.75, 3.05) is 19.8 Å². The van der Waals surface area contributed by atoms with Gasteiger partial charge in [0, 0.05) is 30.7 Å². The zero-order valence-electron chi connectivity index (χ0n) is 17.2. The van der Waals surface area contributed by atoms with Gasteiger partial charge in [-0.15, -0.1) is 0 Å². The SMILES string of the molecule is N#CC[C@@H](CC(=O)NCC1(c2ccc3c(c2)OCCO3)CCCC1)c1ccccc1. The summed E-state index contributed by atoms with van der Waals surface area (Å²) in [7, 11) is 0. The smallest absolute Gasteiger partial charge is 0.220 e. The lowest BCUT2D eigenvalue weighted by atomic mass is 9.78. The summed E-state index contributed by atoms with van der Waals surface area (Å²) in [5.74, 6) is 1.52. The minimum absolute atomic E-state index is 0.00271. The molecule has 2 aromatic rings. The molecule has 4 rings (SSSR count). The minimum atomic E-state index is -0.0787. The van der Waals surface area contributed by atoms with Gasteiger partial charge in [-0.05, 0) is 36.1 Å². The normalized spacial score (nSPS) is 17.7. The van der Waals surface area contributed by atoms with Crippen molar-refractivity contribution in [3.05, 3.63) is 59.7 Å². The standard InChI is InChI=1S/C25H28N2O3/c26-13-10-20(19-6-2-1-3-7-19)16-24(28)27-18-25(11-4-5-12-25)21-8-9-22-23(17-21)30-15-14-29-22/h1-3,6-9,17,20H,4-5,10-12,14-16,18H2,(H,27,28)/t20-/m0/s1. The van der Waals surface area contributed by atoms with Gasteiger partial charge in [-0.25, -0.2) is 0 Å². The van der Waals surface area contributed by atoms with Gasteiger partial charge in [0.05, 0.1) is 6.07 Å². The van der Waals surface area contributed by atoms with E-state index in [0.29, 0.717) is 32.6 Å². The Morgan fingerprint density at radius 2 is 1.80 bits per heavy atom. The second-order valence-corrected chi connectivity index (χ2v) is 8.30. The Hall–Kier alpha value is -3.00. The molecule has 1 amide bonds. The van der Waals surface area contributed by atoms with Gasteiger partial charge in [-0.1, -0.05) is 49.2 Å². The lowest BCUT2D eigenvalue weighted by Crippen LogP contribution is -2.39. The van der Waals surface area contributed by atoms with Gasteiger partial charge >= 0.3 is 0 Å². The third-order valence-corrected chi connectivity index (χ3v) is 6.38. The largest absolute Gasteiger partial charge is 0.486 e. The third-order valence-electron chi connectivity index (χ3n) is 6.38. The summed E-state index contributed by atoms with van der Waals surface area (Å²) in [6.07, 6.45) is 5.08. The molecule has 156 valence electrons. The summed E-state index contributed by atoms with van der Waals surface area (Å²) in [5.41, 5.74) is 2.18. The molecular formula is C25H28N2O3. The molecule has 30 heavy (non-hydrogen) atoms. The van der Waals surface area contributed by atoms with E-state index in [4.69, 9.17) is 9.47 Å². The maximum Gasteiger partial charge on any atom is 0.220 e. The summed E-state index contributed by atoms with van der Waals surface area (Å²) in [5, 5.41) is 12.4. The molecule has 0 unspecified atom stereocenters. The number of carbonyl (C=O) groups is 1. The molecule has 1 aliphatic heterocycles. The zero-order chi connectivity index (χ0) is 20.8. The van der Waals surface area contributed by atoms with Crippen molar-refractivity contribution in [1.82, 2.24) is 5.32 Å². The number of nitrogens with one attached hydrogen (secondary N) is 1. The lowest BCUT2D eigenvalue weighted by molar-refractivity contribution is -0.121. The summed E-state index contributed by atoms with van der Waals surface area (Å²) < 4.78 is 11.4. The van der Waals surface area contributed by atoms with E-state index in [0.717, 1.165) is 42.7 Å². The van der Waals surface area contributed by atoms with Crippen LogP contribution in [0.4, 0.5) is 0 Å². The molecule has 5 nitrogen and oxygen atoms in total. The van der Waals surface area contributed by atoms with Crippen LogP contribution in [-0.4, -0.2) is 25.7 Å². The number of rotatable bonds is 7. The van der Waals surface area contributed by atoms with Crippen LogP contribution in [-0.2, 0) is 10.2 Å². The highest BCUT2D eigenvalue weighted by molar-refractivity contribution is 5.77. The summed E-state index contributed by atoms with van der Waals surface area (Å²) in [4.78, 5) is 12.8. The number of nitrogens with zero attached hydrogens (tertiary/aromatic N) is 1. The van der Waals surface area contributed by atoms with Crippen molar-refractivity contribution in [3.63, 3.8) is 0 Å². The molecule has 1 saturated carbocycles. The highest BCUT2D eigenvalue weighted by Gasteiger charge is 2.37. The van der Waals surface area contributed by atoms with Gasteiger partial charge in [0.25, 0.3) is 0 Å². The topological polar surface area (TPSA) is 71.4 Å². The Morgan fingerprint density at radius 3 is 2.53 bits per heavy atom. The molecule has 1 N–H and O–H groups in total. The molecule has 2 aromatic carbocycles. The first kappa shape index (κ1) is 20.3. The number of hydrogen-bond acceptors (Lipinski definition) is 4. The number of carbonyl (C=O) groups excluding carboxylic acids is 1.